The fraction of sp³-hybridized carbons (Fsp3) is 0.118. The number of aromatic nitrogens is 2. The van der Waals surface area contributed by atoms with E-state index in [2.05, 4.69) is 26.1 Å². The Morgan fingerprint density at radius 1 is 1.20 bits per heavy atom. The fourth-order valence-corrected chi connectivity index (χ4v) is 2.40. The molecular formula is C17H12BrFN2O4. The van der Waals surface area contributed by atoms with Gasteiger partial charge in [-0.2, -0.15) is 4.98 Å². The van der Waals surface area contributed by atoms with Gasteiger partial charge < -0.3 is 14.0 Å². The summed E-state index contributed by atoms with van der Waals surface area (Å²) >= 11 is 3.15. The van der Waals surface area contributed by atoms with Gasteiger partial charge in [0.15, 0.2) is 13.2 Å². The van der Waals surface area contributed by atoms with Crippen LogP contribution in [0.5, 0.6) is 5.75 Å². The standard InChI is InChI=1S/C17H12BrFN2O4/c18-13-8-12(19)6-7-14(13)23-10-16(22)24-9-15-20-17(21-25-15)11-4-2-1-3-5-11/h1-8H,9-10H2. The van der Waals surface area contributed by atoms with Gasteiger partial charge in [0.05, 0.1) is 4.47 Å². The van der Waals surface area contributed by atoms with E-state index >= 15 is 0 Å². The largest absolute Gasteiger partial charge is 0.481 e. The molecule has 128 valence electrons. The fourth-order valence-electron chi connectivity index (χ4n) is 1.93. The molecule has 3 aromatic rings. The van der Waals surface area contributed by atoms with Crippen LogP contribution in [-0.2, 0) is 16.1 Å². The maximum Gasteiger partial charge on any atom is 0.344 e. The van der Waals surface area contributed by atoms with Gasteiger partial charge >= 0.3 is 5.97 Å². The molecule has 0 bridgehead atoms. The number of halogens is 2. The van der Waals surface area contributed by atoms with Gasteiger partial charge in [0.25, 0.3) is 5.89 Å². The first-order valence-corrected chi connectivity index (χ1v) is 8.02. The molecule has 2 aromatic carbocycles. The van der Waals surface area contributed by atoms with Gasteiger partial charge in [0.2, 0.25) is 5.82 Å². The van der Waals surface area contributed by atoms with Crippen molar-refractivity contribution in [3.8, 4) is 17.1 Å². The van der Waals surface area contributed by atoms with E-state index in [1.807, 2.05) is 30.3 Å². The van der Waals surface area contributed by atoms with E-state index in [1.165, 1.54) is 18.2 Å². The Labute approximate surface area is 150 Å². The second kappa shape index (κ2) is 7.89. The maximum atomic E-state index is 13.0. The molecule has 1 aromatic heterocycles. The minimum absolute atomic E-state index is 0.160. The Kier molecular flexibility index (Phi) is 5.39. The quantitative estimate of drug-likeness (QED) is 0.580. The third kappa shape index (κ3) is 4.63. The van der Waals surface area contributed by atoms with Crippen LogP contribution in [0.4, 0.5) is 4.39 Å². The molecule has 25 heavy (non-hydrogen) atoms. The van der Waals surface area contributed by atoms with Crippen molar-refractivity contribution in [2.75, 3.05) is 6.61 Å². The highest BCUT2D eigenvalue weighted by atomic mass is 79.9. The first kappa shape index (κ1) is 17.1. The highest BCUT2D eigenvalue weighted by Crippen LogP contribution is 2.25. The van der Waals surface area contributed by atoms with Gasteiger partial charge in [0.1, 0.15) is 11.6 Å². The number of carbonyl (C=O) groups is 1. The summed E-state index contributed by atoms with van der Waals surface area (Å²) in [5, 5.41) is 3.83. The van der Waals surface area contributed by atoms with Crippen LogP contribution in [0.15, 0.2) is 57.5 Å². The summed E-state index contributed by atoms with van der Waals surface area (Å²) in [6.07, 6.45) is 0. The van der Waals surface area contributed by atoms with Crippen LogP contribution < -0.4 is 4.74 Å². The van der Waals surface area contributed by atoms with Gasteiger partial charge in [-0.3, -0.25) is 0 Å². The zero-order chi connectivity index (χ0) is 17.6. The number of hydrogen-bond donors (Lipinski definition) is 0. The summed E-state index contributed by atoms with van der Waals surface area (Å²) in [5.74, 6) is -0.0982. The Morgan fingerprint density at radius 3 is 2.76 bits per heavy atom. The van der Waals surface area contributed by atoms with E-state index in [4.69, 9.17) is 14.0 Å². The Morgan fingerprint density at radius 2 is 2.00 bits per heavy atom. The summed E-state index contributed by atoms with van der Waals surface area (Å²) in [5.41, 5.74) is 0.799. The Hall–Kier alpha value is -2.74. The molecule has 1 heterocycles. The zero-order valence-corrected chi connectivity index (χ0v) is 14.4. The van der Waals surface area contributed by atoms with Gasteiger partial charge in [-0.25, -0.2) is 9.18 Å². The first-order chi connectivity index (χ1) is 12.1. The van der Waals surface area contributed by atoms with E-state index in [0.29, 0.717) is 16.0 Å². The highest BCUT2D eigenvalue weighted by Gasteiger charge is 2.12. The van der Waals surface area contributed by atoms with Crippen molar-refractivity contribution < 1.29 is 23.2 Å². The average molecular weight is 407 g/mol. The molecule has 0 amide bonds. The molecular weight excluding hydrogens is 395 g/mol. The molecule has 0 unspecified atom stereocenters. The van der Waals surface area contributed by atoms with Crippen LogP contribution in [0.1, 0.15) is 5.89 Å². The monoisotopic (exact) mass is 406 g/mol. The Bertz CT molecular complexity index is 870. The molecule has 8 heteroatoms. The van der Waals surface area contributed by atoms with Crippen LogP contribution in [-0.4, -0.2) is 22.7 Å². The van der Waals surface area contributed by atoms with Crippen LogP contribution in [0.2, 0.25) is 0 Å². The number of ether oxygens (including phenoxy) is 2. The molecule has 0 saturated carbocycles. The lowest BCUT2D eigenvalue weighted by Crippen LogP contribution is -2.15. The van der Waals surface area contributed by atoms with Crippen LogP contribution in [0, 0.1) is 5.82 Å². The number of hydrogen-bond acceptors (Lipinski definition) is 6. The number of carbonyl (C=O) groups excluding carboxylic acids is 1. The lowest BCUT2D eigenvalue weighted by molar-refractivity contribution is -0.148. The van der Waals surface area contributed by atoms with Crippen molar-refractivity contribution in [2.24, 2.45) is 0 Å². The average Bonchev–Trinajstić information content (AvgIpc) is 3.09. The van der Waals surface area contributed by atoms with E-state index in [0.717, 1.165) is 5.56 Å². The number of rotatable bonds is 6. The summed E-state index contributed by atoms with van der Waals surface area (Å²) in [6.45, 7) is -0.490. The lowest BCUT2D eigenvalue weighted by Gasteiger charge is -2.07. The maximum absolute atomic E-state index is 13.0. The van der Waals surface area contributed by atoms with Crippen LogP contribution in [0.3, 0.4) is 0 Å². The van der Waals surface area contributed by atoms with Crippen molar-refractivity contribution in [3.63, 3.8) is 0 Å². The summed E-state index contributed by atoms with van der Waals surface area (Å²) in [6, 6.07) is 13.2. The van der Waals surface area contributed by atoms with Gasteiger partial charge in [-0.1, -0.05) is 35.5 Å². The smallest absolute Gasteiger partial charge is 0.344 e. The Balaban J connectivity index is 1.50. The molecule has 0 aliphatic heterocycles. The summed E-state index contributed by atoms with van der Waals surface area (Å²) < 4.78 is 28.7. The predicted octanol–water partition coefficient (Wildman–Crippen LogP) is 3.76. The summed E-state index contributed by atoms with van der Waals surface area (Å²) in [7, 11) is 0. The molecule has 0 N–H and O–H groups in total. The molecule has 6 nitrogen and oxygen atoms in total. The normalized spacial score (nSPS) is 10.5. The summed E-state index contributed by atoms with van der Waals surface area (Å²) in [4.78, 5) is 15.9. The van der Waals surface area contributed by atoms with Crippen molar-refractivity contribution in [1.82, 2.24) is 10.1 Å². The van der Waals surface area contributed by atoms with Crippen molar-refractivity contribution in [3.05, 3.63) is 64.7 Å². The molecule has 3 rings (SSSR count). The van der Waals surface area contributed by atoms with Gasteiger partial charge in [0, 0.05) is 5.56 Å². The minimum Gasteiger partial charge on any atom is -0.481 e. The molecule has 0 saturated heterocycles. The van der Waals surface area contributed by atoms with Crippen molar-refractivity contribution in [1.29, 1.82) is 0 Å². The van der Waals surface area contributed by atoms with E-state index in [1.54, 1.807) is 0 Å². The number of esters is 1. The second-order valence-electron chi connectivity index (χ2n) is 4.90. The molecule has 0 spiro atoms. The van der Waals surface area contributed by atoms with Gasteiger partial charge in [-0.05, 0) is 34.1 Å². The molecule has 0 radical (unpaired) electrons. The van der Waals surface area contributed by atoms with Crippen LogP contribution >= 0.6 is 15.9 Å². The van der Waals surface area contributed by atoms with E-state index in [-0.39, 0.29) is 19.1 Å². The van der Waals surface area contributed by atoms with E-state index in [9.17, 15) is 9.18 Å². The molecule has 0 atom stereocenters. The van der Waals surface area contributed by atoms with Gasteiger partial charge in [-0.15, -0.1) is 0 Å². The molecule has 0 fully saturated rings. The van der Waals surface area contributed by atoms with Crippen LogP contribution in [0.25, 0.3) is 11.4 Å². The topological polar surface area (TPSA) is 74.5 Å². The number of benzene rings is 2. The zero-order valence-electron chi connectivity index (χ0n) is 12.8. The van der Waals surface area contributed by atoms with Crippen molar-refractivity contribution in [2.45, 2.75) is 6.61 Å². The molecule has 0 aliphatic carbocycles. The SMILES string of the molecule is O=C(COc1ccc(F)cc1Br)OCc1nc(-c2ccccc2)no1. The highest BCUT2D eigenvalue weighted by molar-refractivity contribution is 9.10. The van der Waals surface area contributed by atoms with E-state index < -0.39 is 11.8 Å². The lowest BCUT2D eigenvalue weighted by atomic mass is 10.2. The second-order valence-corrected chi connectivity index (χ2v) is 5.76. The molecule has 0 aliphatic rings. The third-order valence-corrected chi connectivity index (χ3v) is 3.72. The minimum atomic E-state index is -0.615. The first-order valence-electron chi connectivity index (χ1n) is 7.23. The predicted molar refractivity (Wildman–Crippen MR) is 89.1 cm³/mol. The van der Waals surface area contributed by atoms with Crippen molar-refractivity contribution >= 4 is 21.9 Å². The number of nitrogens with zero attached hydrogens (tertiary/aromatic N) is 2. The third-order valence-electron chi connectivity index (χ3n) is 3.10.